The number of aliphatic hydroxyl groups is 1. The Morgan fingerprint density at radius 1 is 1.50 bits per heavy atom. The van der Waals surface area contributed by atoms with Crippen LogP contribution in [0.4, 0.5) is 0 Å². The van der Waals surface area contributed by atoms with Crippen molar-refractivity contribution in [3.8, 4) is 0 Å². The molecular weight excluding hydrogens is 182 g/mol. The summed E-state index contributed by atoms with van der Waals surface area (Å²) in [5.41, 5.74) is -0.359. The van der Waals surface area contributed by atoms with Crippen molar-refractivity contribution in [2.75, 3.05) is 0 Å². The normalized spacial score (nSPS) is 14.4. The van der Waals surface area contributed by atoms with E-state index in [0.29, 0.717) is 18.3 Å². The standard InChI is InChI=1S/C9H17N3O2/c1-6(13)9(3,4)10-5-8-12-11-7(2)14-8/h6,10,13H,5H2,1-4H3. The van der Waals surface area contributed by atoms with Gasteiger partial charge in [0.15, 0.2) is 0 Å². The molecule has 1 unspecified atom stereocenters. The molecule has 5 heteroatoms. The lowest BCUT2D eigenvalue weighted by Crippen LogP contribution is -2.47. The number of hydrogen-bond donors (Lipinski definition) is 2. The fraction of sp³-hybridized carbons (Fsp3) is 0.778. The summed E-state index contributed by atoms with van der Waals surface area (Å²) in [4.78, 5) is 0. The van der Waals surface area contributed by atoms with E-state index in [0.717, 1.165) is 0 Å². The van der Waals surface area contributed by atoms with Gasteiger partial charge in [-0.2, -0.15) is 0 Å². The zero-order valence-electron chi connectivity index (χ0n) is 9.03. The first-order valence-electron chi connectivity index (χ1n) is 4.64. The molecule has 0 bridgehead atoms. The molecule has 0 fully saturated rings. The van der Waals surface area contributed by atoms with Gasteiger partial charge in [-0.1, -0.05) is 0 Å². The van der Waals surface area contributed by atoms with Crippen molar-refractivity contribution in [3.63, 3.8) is 0 Å². The Morgan fingerprint density at radius 3 is 2.57 bits per heavy atom. The van der Waals surface area contributed by atoms with Crippen LogP contribution in [0.5, 0.6) is 0 Å². The van der Waals surface area contributed by atoms with E-state index in [1.165, 1.54) is 0 Å². The Labute approximate surface area is 83.5 Å². The molecule has 80 valence electrons. The molecule has 2 N–H and O–H groups in total. The second-order valence-electron chi connectivity index (χ2n) is 3.97. The average Bonchev–Trinajstić information content (AvgIpc) is 2.48. The molecule has 0 spiro atoms. The van der Waals surface area contributed by atoms with Crippen LogP contribution < -0.4 is 5.32 Å². The Hall–Kier alpha value is -0.940. The zero-order valence-corrected chi connectivity index (χ0v) is 9.03. The largest absolute Gasteiger partial charge is 0.424 e. The summed E-state index contributed by atoms with van der Waals surface area (Å²) in [5.74, 6) is 1.09. The van der Waals surface area contributed by atoms with Crippen molar-refractivity contribution >= 4 is 0 Å². The van der Waals surface area contributed by atoms with Crippen molar-refractivity contribution < 1.29 is 9.52 Å². The third-order valence-electron chi connectivity index (χ3n) is 2.31. The smallest absolute Gasteiger partial charge is 0.230 e. The summed E-state index contributed by atoms with van der Waals surface area (Å²) in [5, 5.41) is 20.1. The second kappa shape index (κ2) is 4.06. The first kappa shape index (κ1) is 11.1. The van der Waals surface area contributed by atoms with Crippen LogP contribution >= 0.6 is 0 Å². The molecular formula is C9H17N3O2. The molecule has 0 radical (unpaired) electrons. The molecule has 0 saturated carbocycles. The maximum absolute atomic E-state index is 9.43. The van der Waals surface area contributed by atoms with Crippen LogP contribution in [0.25, 0.3) is 0 Å². The fourth-order valence-electron chi connectivity index (χ4n) is 0.860. The molecule has 1 heterocycles. The number of nitrogens with one attached hydrogen (secondary N) is 1. The van der Waals surface area contributed by atoms with Gasteiger partial charge in [0.1, 0.15) is 0 Å². The van der Waals surface area contributed by atoms with E-state index in [9.17, 15) is 5.11 Å². The van der Waals surface area contributed by atoms with E-state index >= 15 is 0 Å². The molecule has 0 aliphatic heterocycles. The monoisotopic (exact) mass is 199 g/mol. The summed E-state index contributed by atoms with van der Waals surface area (Å²) >= 11 is 0. The number of rotatable bonds is 4. The highest BCUT2D eigenvalue weighted by molar-refractivity contribution is 4.86. The fourth-order valence-corrected chi connectivity index (χ4v) is 0.860. The number of nitrogens with zero attached hydrogens (tertiary/aromatic N) is 2. The predicted octanol–water partition coefficient (Wildman–Crippen LogP) is 0.627. The Morgan fingerprint density at radius 2 is 2.14 bits per heavy atom. The molecule has 1 atom stereocenters. The van der Waals surface area contributed by atoms with Gasteiger partial charge in [0.25, 0.3) is 0 Å². The highest BCUT2D eigenvalue weighted by atomic mass is 16.4. The molecule has 1 rings (SSSR count). The van der Waals surface area contributed by atoms with E-state index < -0.39 is 6.10 Å². The van der Waals surface area contributed by atoms with Crippen molar-refractivity contribution in [2.24, 2.45) is 0 Å². The highest BCUT2D eigenvalue weighted by Crippen LogP contribution is 2.09. The van der Waals surface area contributed by atoms with Crippen LogP contribution in [0.2, 0.25) is 0 Å². The minimum atomic E-state index is -0.438. The Balaban J connectivity index is 2.48. The summed E-state index contributed by atoms with van der Waals surface area (Å²) in [7, 11) is 0. The van der Waals surface area contributed by atoms with Gasteiger partial charge in [-0.25, -0.2) is 0 Å². The molecule has 0 amide bonds. The minimum Gasteiger partial charge on any atom is -0.424 e. The lowest BCUT2D eigenvalue weighted by Gasteiger charge is -2.28. The van der Waals surface area contributed by atoms with Gasteiger partial charge in [0.2, 0.25) is 11.8 Å². The third kappa shape index (κ3) is 2.78. The number of aromatic nitrogens is 2. The van der Waals surface area contributed by atoms with E-state index in [1.54, 1.807) is 13.8 Å². The molecule has 0 aliphatic carbocycles. The van der Waals surface area contributed by atoms with Crippen LogP contribution in [-0.2, 0) is 6.54 Å². The van der Waals surface area contributed by atoms with Crippen LogP contribution in [0.3, 0.4) is 0 Å². The van der Waals surface area contributed by atoms with Crippen LogP contribution in [0.1, 0.15) is 32.6 Å². The Bertz CT molecular complexity index is 294. The molecule has 1 aromatic heterocycles. The van der Waals surface area contributed by atoms with Crippen molar-refractivity contribution in [3.05, 3.63) is 11.8 Å². The van der Waals surface area contributed by atoms with Crippen molar-refractivity contribution in [1.29, 1.82) is 0 Å². The lowest BCUT2D eigenvalue weighted by molar-refractivity contribution is 0.0938. The quantitative estimate of drug-likeness (QED) is 0.744. The van der Waals surface area contributed by atoms with Gasteiger partial charge >= 0.3 is 0 Å². The second-order valence-corrected chi connectivity index (χ2v) is 3.97. The van der Waals surface area contributed by atoms with Gasteiger partial charge in [-0.05, 0) is 20.8 Å². The van der Waals surface area contributed by atoms with Gasteiger partial charge in [-0.3, -0.25) is 0 Å². The summed E-state index contributed by atoms with van der Waals surface area (Å²) < 4.78 is 5.19. The van der Waals surface area contributed by atoms with Crippen LogP contribution in [0, 0.1) is 6.92 Å². The first-order chi connectivity index (χ1) is 6.42. The van der Waals surface area contributed by atoms with Crippen molar-refractivity contribution in [1.82, 2.24) is 15.5 Å². The molecule has 0 saturated heterocycles. The Kier molecular flexibility index (Phi) is 3.23. The van der Waals surface area contributed by atoms with Crippen LogP contribution in [-0.4, -0.2) is 26.9 Å². The molecule has 0 aromatic carbocycles. The topological polar surface area (TPSA) is 71.2 Å². The number of aryl methyl sites for hydroxylation is 1. The van der Waals surface area contributed by atoms with Gasteiger partial charge in [0.05, 0.1) is 12.6 Å². The molecule has 14 heavy (non-hydrogen) atoms. The SMILES string of the molecule is Cc1nnc(CNC(C)(C)C(C)O)o1. The molecule has 0 aliphatic rings. The van der Waals surface area contributed by atoms with Crippen molar-refractivity contribution in [2.45, 2.75) is 45.9 Å². The van der Waals surface area contributed by atoms with Crippen LogP contribution in [0.15, 0.2) is 4.42 Å². The third-order valence-corrected chi connectivity index (χ3v) is 2.31. The highest BCUT2D eigenvalue weighted by Gasteiger charge is 2.23. The lowest BCUT2D eigenvalue weighted by atomic mass is 9.99. The predicted molar refractivity (Wildman–Crippen MR) is 51.6 cm³/mol. The minimum absolute atomic E-state index is 0.359. The van der Waals surface area contributed by atoms with E-state index in [-0.39, 0.29) is 5.54 Å². The van der Waals surface area contributed by atoms with Gasteiger partial charge in [-0.15, -0.1) is 10.2 Å². The summed E-state index contributed by atoms with van der Waals surface area (Å²) in [6.45, 7) is 7.79. The van der Waals surface area contributed by atoms with Gasteiger partial charge in [0, 0.05) is 12.5 Å². The van der Waals surface area contributed by atoms with E-state index in [4.69, 9.17) is 4.42 Å². The summed E-state index contributed by atoms with van der Waals surface area (Å²) in [6.07, 6.45) is -0.438. The maximum atomic E-state index is 9.43. The number of hydrogen-bond acceptors (Lipinski definition) is 5. The number of aliphatic hydroxyl groups excluding tert-OH is 1. The zero-order chi connectivity index (χ0) is 10.8. The molecule has 5 nitrogen and oxygen atoms in total. The summed E-state index contributed by atoms with van der Waals surface area (Å²) in [6, 6.07) is 0. The van der Waals surface area contributed by atoms with E-state index in [2.05, 4.69) is 15.5 Å². The maximum Gasteiger partial charge on any atom is 0.230 e. The first-order valence-corrected chi connectivity index (χ1v) is 4.64. The van der Waals surface area contributed by atoms with E-state index in [1.807, 2.05) is 13.8 Å². The average molecular weight is 199 g/mol. The molecule has 1 aromatic rings. The van der Waals surface area contributed by atoms with Gasteiger partial charge < -0.3 is 14.8 Å².